The Labute approximate surface area is 339 Å². The predicted octanol–water partition coefficient (Wildman–Crippen LogP) is 7.67. The Morgan fingerprint density at radius 1 is 0.607 bits per heavy atom. The van der Waals surface area contributed by atoms with Gasteiger partial charge in [-0.25, -0.2) is 0 Å². The quantitative estimate of drug-likeness (QED) is 0.0268. The van der Waals surface area contributed by atoms with Crippen LogP contribution in [-0.4, -0.2) is 92.8 Å². The van der Waals surface area contributed by atoms with Gasteiger partial charge < -0.3 is 35.4 Å². The number of nitrogens with one attached hydrogen (secondary N) is 1. The van der Waals surface area contributed by atoms with Gasteiger partial charge in [0, 0.05) is 25.8 Å². The first kappa shape index (κ1) is 51.9. The van der Waals surface area contributed by atoms with Crippen LogP contribution in [0, 0.1) is 5.92 Å². The topological polar surface area (TPSA) is 200 Å². The van der Waals surface area contributed by atoms with Crippen LogP contribution in [0.4, 0.5) is 0 Å². The lowest BCUT2D eigenvalue weighted by Crippen LogP contribution is -2.75. The lowest BCUT2D eigenvalue weighted by atomic mass is 9.82. The highest BCUT2D eigenvalue weighted by atomic mass is 16.6. The summed E-state index contributed by atoms with van der Waals surface area (Å²) >= 11 is 0. The Kier molecular flexibility index (Phi) is 30.4. The molecule has 12 heteroatoms. The molecule has 1 fully saturated rings. The first-order valence-corrected chi connectivity index (χ1v) is 22.8. The molecule has 0 aromatic heterocycles. The van der Waals surface area contributed by atoms with Crippen molar-refractivity contribution in [2.75, 3.05) is 19.7 Å². The molecule has 2 amide bonds. The van der Waals surface area contributed by atoms with Crippen molar-refractivity contribution in [3.8, 4) is 0 Å². The summed E-state index contributed by atoms with van der Waals surface area (Å²) in [7, 11) is 0. The minimum absolute atomic E-state index is 0.00979. The molecule has 0 spiro atoms. The second kappa shape index (κ2) is 32.8. The highest BCUT2D eigenvalue weighted by Crippen LogP contribution is 2.36. The average molecular weight is 798 g/mol. The van der Waals surface area contributed by atoms with Crippen molar-refractivity contribution in [2.24, 2.45) is 11.7 Å². The van der Waals surface area contributed by atoms with E-state index in [2.05, 4.69) is 19.2 Å². The Hall–Kier alpha value is -2.12. The number of aliphatic carboxylic acids is 1. The number of ketones is 1. The van der Waals surface area contributed by atoms with Crippen molar-refractivity contribution in [1.29, 1.82) is 0 Å². The minimum atomic E-state index is -2.17. The second-order valence-corrected chi connectivity index (χ2v) is 16.3. The van der Waals surface area contributed by atoms with E-state index in [0.29, 0.717) is 25.7 Å². The third kappa shape index (κ3) is 22.1. The van der Waals surface area contributed by atoms with Crippen molar-refractivity contribution in [1.82, 2.24) is 10.2 Å². The standard InChI is InChI=1S/C44H83N3O9/c1-3-5-7-9-11-13-14-15-16-17-18-19-21-23-25-29-33-47(39(51)31-26-24-22-20-12-10-8-6-4-2)44(45)41(43(55)42(54)37(35-48)56-44)36(49)34-46-38(50)30-27-28-32-40(52)53/h37,41-43,48,54-55H,3-35,45H2,1-2H3,(H,46,50)(H,52,53)/t37-,41-,42-,43-,44+/m1/s1. The summed E-state index contributed by atoms with van der Waals surface area (Å²) in [5.74, 6) is -6.23. The van der Waals surface area contributed by atoms with E-state index >= 15 is 0 Å². The molecule has 1 aliphatic rings. The molecule has 7 N–H and O–H groups in total. The van der Waals surface area contributed by atoms with Crippen LogP contribution in [0.3, 0.4) is 0 Å². The number of carbonyl (C=O) groups is 4. The fourth-order valence-corrected chi connectivity index (χ4v) is 7.83. The van der Waals surface area contributed by atoms with Crippen LogP contribution in [0.15, 0.2) is 0 Å². The Morgan fingerprint density at radius 3 is 1.46 bits per heavy atom. The van der Waals surface area contributed by atoms with Crippen molar-refractivity contribution < 1.29 is 44.3 Å². The Morgan fingerprint density at radius 2 is 1.02 bits per heavy atom. The van der Waals surface area contributed by atoms with Crippen molar-refractivity contribution >= 4 is 23.6 Å². The van der Waals surface area contributed by atoms with E-state index in [1.165, 1.54) is 108 Å². The fourth-order valence-electron chi connectivity index (χ4n) is 7.83. The maximum Gasteiger partial charge on any atom is 0.303 e. The third-order valence-electron chi connectivity index (χ3n) is 11.3. The van der Waals surface area contributed by atoms with Gasteiger partial charge >= 0.3 is 5.97 Å². The van der Waals surface area contributed by atoms with Gasteiger partial charge in [0.25, 0.3) is 0 Å². The number of nitrogens with two attached hydrogens (primary N) is 1. The number of hydrogen-bond donors (Lipinski definition) is 6. The Balaban J connectivity index is 2.85. The number of carboxylic acids is 1. The van der Waals surface area contributed by atoms with Gasteiger partial charge in [-0.15, -0.1) is 0 Å². The summed E-state index contributed by atoms with van der Waals surface area (Å²) < 4.78 is 6.04. The van der Waals surface area contributed by atoms with Gasteiger partial charge in [-0.05, 0) is 25.7 Å². The highest BCUT2D eigenvalue weighted by molar-refractivity contribution is 5.89. The molecule has 0 aromatic carbocycles. The van der Waals surface area contributed by atoms with Crippen LogP contribution in [0.5, 0.6) is 0 Å². The van der Waals surface area contributed by atoms with Gasteiger partial charge in [-0.2, -0.15) is 0 Å². The number of ether oxygens (including phenoxy) is 1. The van der Waals surface area contributed by atoms with Crippen LogP contribution >= 0.6 is 0 Å². The highest BCUT2D eigenvalue weighted by Gasteiger charge is 2.58. The molecular weight excluding hydrogens is 714 g/mol. The van der Waals surface area contributed by atoms with Gasteiger partial charge in [0.1, 0.15) is 18.1 Å². The van der Waals surface area contributed by atoms with Crippen molar-refractivity contribution in [3.05, 3.63) is 0 Å². The summed E-state index contributed by atoms with van der Waals surface area (Å²) in [5.41, 5.74) is 6.89. The largest absolute Gasteiger partial charge is 0.481 e. The number of nitrogens with zero attached hydrogens (tertiary/aromatic N) is 1. The lowest BCUT2D eigenvalue weighted by Gasteiger charge is -2.52. The van der Waals surface area contributed by atoms with Gasteiger partial charge in [-0.3, -0.25) is 24.9 Å². The number of amides is 2. The molecule has 1 saturated heterocycles. The molecule has 0 aromatic rings. The van der Waals surface area contributed by atoms with E-state index in [1.54, 1.807) is 0 Å². The molecule has 5 atom stereocenters. The van der Waals surface area contributed by atoms with E-state index in [-0.39, 0.29) is 31.7 Å². The van der Waals surface area contributed by atoms with Crippen LogP contribution in [-0.2, 0) is 23.9 Å². The maximum absolute atomic E-state index is 14.0. The normalized spacial score (nSPS) is 20.9. The number of carboxylic acid groups (broad SMARTS) is 1. The Bertz CT molecular complexity index is 1050. The van der Waals surface area contributed by atoms with Gasteiger partial charge in [0.2, 0.25) is 17.7 Å². The molecule has 0 saturated carbocycles. The first-order valence-electron chi connectivity index (χ1n) is 22.8. The predicted molar refractivity (Wildman–Crippen MR) is 222 cm³/mol. The lowest BCUT2D eigenvalue weighted by molar-refractivity contribution is -0.291. The summed E-state index contributed by atoms with van der Waals surface area (Å²) in [6, 6.07) is 0. The number of hydrogen-bond acceptors (Lipinski definition) is 9. The SMILES string of the molecule is CCCCCCCCCCCCCCCCCCN(C(=O)CCCCCCCCCCC)[C@]1(N)O[C@H](CO)[C@@H](O)[C@H](O)[C@H]1C(=O)CNC(=O)CCCCC(=O)O. The van der Waals surface area contributed by atoms with E-state index < -0.39 is 60.9 Å². The van der Waals surface area contributed by atoms with E-state index in [0.717, 1.165) is 44.9 Å². The molecule has 1 aliphatic heterocycles. The van der Waals surface area contributed by atoms with Crippen molar-refractivity contribution in [2.45, 2.75) is 231 Å². The summed E-state index contributed by atoms with van der Waals surface area (Å²) in [4.78, 5) is 52.3. The first-order chi connectivity index (χ1) is 27.0. The molecule has 328 valence electrons. The number of aliphatic hydroxyl groups is 3. The third-order valence-corrected chi connectivity index (χ3v) is 11.3. The smallest absolute Gasteiger partial charge is 0.303 e. The van der Waals surface area contributed by atoms with Crippen LogP contribution in [0.2, 0.25) is 0 Å². The van der Waals surface area contributed by atoms with Gasteiger partial charge in [-0.1, -0.05) is 162 Å². The van der Waals surface area contributed by atoms with Crippen LogP contribution in [0.25, 0.3) is 0 Å². The molecule has 1 heterocycles. The van der Waals surface area contributed by atoms with Crippen molar-refractivity contribution in [3.63, 3.8) is 0 Å². The summed E-state index contributed by atoms with van der Waals surface area (Å²) in [6.07, 6.45) is 24.8. The molecule has 1 rings (SSSR count). The molecular formula is C44H83N3O9. The van der Waals surface area contributed by atoms with E-state index in [1.807, 2.05) is 0 Å². The van der Waals surface area contributed by atoms with Gasteiger partial charge in [0.15, 0.2) is 5.78 Å². The van der Waals surface area contributed by atoms with E-state index in [9.17, 15) is 34.5 Å². The number of unbranched alkanes of at least 4 members (excludes halogenated alkanes) is 24. The second-order valence-electron chi connectivity index (χ2n) is 16.3. The number of aliphatic hydroxyl groups excluding tert-OH is 3. The van der Waals surface area contributed by atoms with Crippen LogP contribution in [0.1, 0.15) is 206 Å². The summed E-state index contributed by atoms with van der Waals surface area (Å²) in [6.45, 7) is 3.40. The molecule has 56 heavy (non-hydrogen) atoms. The number of Topliss-reactive ketones (excluding diaryl/α,β-unsaturated/α-hetero) is 1. The number of carbonyl (C=O) groups excluding carboxylic acids is 3. The molecule has 12 nitrogen and oxygen atoms in total. The van der Waals surface area contributed by atoms with Crippen LogP contribution < -0.4 is 11.1 Å². The average Bonchev–Trinajstić information content (AvgIpc) is 3.17. The van der Waals surface area contributed by atoms with Gasteiger partial charge in [0.05, 0.1) is 19.3 Å². The molecule has 0 radical (unpaired) electrons. The minimum Gasteiger partial charge on any atom is -0.481 e. The summed E-state index contributed by atoms with van der Waals surface area (Å²) in [5, 5.41) is 43.5. The zero-order chi connectivity index (χ0) is 41.4. The number of rotatable bonds is 37. The molecule has 0 bridgehead atoms. The molecule has 0 unspecified atom stereocenters. The zero-order valence-corrected chi connectivity index (χ0v) is 35.5. The monoisotopic (exact) mass is 798 g/mol. The fraction of sp³-hybridized carbons (Fsp3) is 0.909. The zero-order valence-electron chi connectivity index (χ0n) is 35.5. The maximum atomic E-state index is 14.0. The molecule has 0 aliphatic carbocycles. The van der Waals surface area contributed by atoms with E-state index in [4.69, 9.17) is 15.6 Å².